The summed E-state index contributed by atoms with van der Waals surface area (Å²) in [5.41, 5.74) is -0.0840. The molecule has 70 valence electrons. The van der Waals surface area contributed by atoms with Gasteiger partial charge in [0.15, 0.2) is 5.78 Å². The van der Waals surface area contributed by atoms with Crippen LogP contribution >= 0.6 is 0 Å². The van der Waals surface area contributed by atoms with Crippen molar-refractivity contribution in [3.05, 3.63) is 46.4 Å². The molecule has 0 aliphatic carbocycles. The Hall–Kier alpha value is -1.90. The van der Waals surface area contributed by atoms with Gasteiger partial charge in [-0.05, 0) is 17.7 Å². The third-order valence-corrected chi connectivity index (χ3v) is 2.17. The highest BCUT2D eigenvalue weighted by Crippen LogP contribution is 2.14. The number of Topliss-reactive ketones (excluding diaryl/α,β-unsaturated/α-hetero) is 1. The lowest BCUT2D eigenvalue weighted by molar-refractivity contribution is 0.101. The van der Waals surface area contributed by atoms with Gasteiger partial charge in [-0.25, -0.2) is 0 Å². The second-order valence-corrected chi connectivity index (χ2v) is 3.14. The lowest BCUT2D eigenvalue weighted by atomic mass is 10.1. The third kappa shape index (κ3) is 1.23. The Morgan fingerprint density at radius 1 is 1.29 bits per heavy atom. The average Bonchev–Trinajstić information content (AvgIpc) is 2.17. The molecule has 1 aromatic heterocycles. The zero-order valence-corrected chi connectivity index (χ0v) is 7.70. The van der Waals surface area contributed by atoms with Crippen molar-refractivity contribution >= 4 is 16.6 Å². The van der Waals surface area contributed by atoms with Crippen LogP contribution in [0.2, 0.25) is 0 Å². The zero-order chi connectivity index (χ0) is 10.1. The molecular weight excluding hydrogens is 178 g/mol. The maximum absolute atomic E-state index is 11.4. The SMILES string of the molecule is CC(=O)c1c(=O)[nH]cc2ccccc12. The Morgan fingerprint density at radius 3 is 2.71 bits per heavy atom. The molecule has 2 rings (SSSR count). The Labute approximate surface area is 80.4 Å². The van der Waals surface area contributed by atoms with Crippen molar-refractivity contribution in [1.29, 1.82) is 0 Å². The summed E-state index contributed by atoms with van der Waals surface area (Å²) < 4.78 is 0. The van der Waals surface area contributed by atoms with Crippen LogP contribution in [0.15, 0.2) is 35.3 Å². The van der Waals surface area contributed by atoms with Gasteiger partial charge < -0.3 is 4.98 Å². The number of carbonyl (C=O) groups excluding carboxylic acids is 1. The van der Waals surface area contributed by atoms with E-state index in [0.717, 1.165) is 5.39 Å². The molecule has 0 unspecified atom stereocenters. The molecule has 3 heteroatoms. The first kappa shape index (κ1) is 8.69. The third-order valence-electron chi connectivity index (χ3n) is 2.17. The molecule has 0 amide bonds. The number of ketones is 1. The second-order valence-electron chi connectivity index (χ2n) is 3.14. The molecule has 3 nitrogen and oxygen atoms in total. The quantitative estimate of drug-likeness (QED) is 0.691. The number of hydrogen-bond donors (Lipinski definition) is 1. The molecule has 2 aromatic rings. The number of carbonyl (C=O) groups is 1. The molecule has 1 aromatic carbocycles. The molecular formula is C11H9NO2. The Bertz CT molecular complexity index is 554. The first-order chi connectivity index (χ1) is 6.70. The molecule has 0 radical (unpaired) electrons. The fourth-order valence-electron chi connectivity index (χ4n) is 1.54. The van der Waals surface area contributed by atoms with E-state index < -0.39 is 0 Å². The first-order valence-corrected chi connectivity index (χ1v) is 4.31. The summed E-state index contributed by atoms with van der Waals surface area (Å²) >= 11 is 0. The van der Waals surface area contributed by atoms with Crippen LogP contribution in [-0.2, 0) is 0 Å². The van der Waals surface area contributed by atoms with Gasteiger partial charge >= 0.3 is 0 Å². The maximum Gasteiger partial charge on any atom is 0.259 e. The summed E-state index contributed by atoms with van der Waals surface area (Å²) in [5, 5.41) is 1.58. The fourth-order valence-corrected chi connectivity index (χ4v) is 1.54. The largest absolute Gasteiger partial charge is 0.328 e. The van der Waals surface area contributed by atoms with Crippen molar-refractivity contribution in [3.63, 3.8) is 0 Å². The minimum Gasteiger partial charge on any atom is -0.328 e. The van der Waals surface area contributed by atoms with Crippen molar-refractivity contribution in [1.82, 2.24) is 4.98 Å². The van der Waals surface area contributed by atoms with Crippen LogP contribution in [-0.4, -0.2) is 10.8 Å². The van der Waals surface area contributed by atoms with Crippen molar-refractivity contribution in [2.45, 2.75) is 6.92 Å². The first-order valence-electron chi connectivity index (χ1n) is 4.31. The van der Waals surface area contributed by atoms with Gasteiger partial charge in [-0.1, -0.05) is 24.3 Å². The summed E-state index contributed by atoms with van der Waals surface area (Å²) in [6, 6.07) is 7.32. The van der Waals surface area contributed by atoms with E-state index in [9.17, 15) is 9.59 Å². The van der Waals surface area contributed by atoms with Crippen molar-refractivity contribution in [2.24, 2.45) is 0 Å². The molecule has 0 spiro atoms. The van der Waals surface area contributed by atoms with Crippen LogP contribution < -0.4 is 5.56 Å². The number of nitrogens with one attached hydrogen (secondary N) is 1. The molecule has 1 N–H and O–H groups in total. The van der Waals surface area contributed by atoms with Crippen LogP contribution in [0.5, 0.6) is 0 Å². The number of hydrogen-bond acceptors (Lipinski definition) is 2. The van der Waals surface area contributed by atoms with E-state index in [0.29, 0.717) is 5.39 Å². The van der Waals surface area contributed by atoms with E-state index in [2.05, 4.69) is 4.98 Å². The van der Waals surface area contributed by atoms with Crippen LogP contribution in [0.4, 0.5) is 0 Å². The van der Waals surface area contributed by atoms with Gasteiger partial charge in [0, 0.05) is 6.20 Å². The van der Waals surface area contributed by atoms with E-state index in [1.54, 1.807) is 12.3 Å². The van der Waals surface area contributed by atoms with Crippen LogP contribution in [0.25, 0.3) is 10.8 Å². The predicted molar refractivity (Wildman–Crippen MR) is 54.6 cm³/mol. The number of aromatic nitrogens is 1. The minimum absolute atomic E-state index is 0.206. The monoisotopic (exact) mass is 187 g/mol. The van der Waals surface area contributed by atoms with Gasteiger partial charge in [0.25, 0.3) is 5.56 Å². The maximum atomic E-state index is 11.4. The van der Waals surface area contributed by atoms with Gasteiger partial charge in [0.05, 0.1) is 5.56 Å². The summed E-state index contributed by atoms with van der Waals surface area (Å²) in [6.45, 7) is 1.40. The predicted octanol–water partition coefficient (Wildman–Crippen LogP) is 1.73. The molecule has 1 heterocycles. The highest BCUT2D eigenvalue weighted by atomic mass is 16.1. The number of benzene rings is 1. The number of fused-ring (bicyclic) bond motifs is 1. The smallest absolute Gasteiger partial charge is 0.259 e. The Morgan fingerprint density at radius 2 is 2.00 bits per heavy atom. The number of pyridine rings is 1. The number of aromatic amines is 1. The standard InChI is InChI=1S/C11H9NO2/c1-7(13)10-9-5-3-2-4-8(9)6-12-11(10)14/h2-6H,1H3,(H,12,14). The number of H-pyrrole nitrogens is 1. The van der Waals surface area contributed by atoms with Crippen molar-refractivity contribution < 1.29 is 4.79 Å². The summed E-state index contributed by atoms with van der Waals surface area (Å²) in [6.07, 6.45) is 1.62. The minimum atomic E-state index is -0.323. The zero-order valence-electron chi connectivity index (χ0n) is 7.70. The molecule has 0 bridgehead atoms. The second kappa shape index (κ2) is 3.10. The van der Waals surface area contributed by atoms with Gasteiger partial charge in [-0.15, -0.1) is 0 Å². The molecule has 14 heavy (non-hydrogen) atoms. The lowest BCUT2D eigenvalue weighted by Crippen LogP contribution is -2.15. The van der Waals surface area contributed by atoms with Crippen molar-refractivity contribution in [2.75, 3.05) is 0 Å². The topological polar surface area (TPSA) is 49.9 Å². The van der Waals surface area contributed by atoms with Gasteiger partial charge in [-0.3, -0.25) is 9.59 Å². The normalized spacial score (nSPS) is 10.4. The molecule has 0 saturated carbocycles. The molecule has 0 aliphatic heterocycles. The molecule has 0 aliphatic rings. The molecule has 0 fully saturated rings. The van der Waals surface area contributed by atoms with Crippen LogP contribution in [0, 0.1) is 0 Å². The Kier molecular flexibility index (Phi) is 1.93. The van der Waals surface area contributed by atoms with Gasteiger partial charge in [0.2, 0.25) is 0 Å². The van der Waals surface area contributed by atoms with Gasteiger partial charge in [-0.2, -0.15) is 0 Å². The van der Waals surface area contributed by atoms with E-state index in [1.165, 1.54) is 6.92 Å². The average molecular weight is 187 g/mol. The van der Waals surface area contributed by atoms with Crippen LogP contribution in [0.3, 0.4) is 0 Å². The van der Waals surface area contributed by atoms with Crippen molar-refractivity contribution in [3.8, 4) is 0 Å². The Balaban J connectivity index is 2.97. The number of rotatable bonds is 1. The lowest BCUT2D eigenvalue weighted by Gasteiger charge is -2.00. The van der Waals surface area contributed by atoms with Crippen LogP contribution in [0.1, 0.15) is 17.3 Å². The summed E-state index contributed by atoms with van der Waals surface area (Å²) in [5.74, 6) is -0.206. The van der Waals surface area contributed by atoms with E-state index in [4.69, 9.17) is 0 Å². The summed E-state index contributed by atoms with van der Waals surface area (Å²) in [4.78, 5) is 25.2. The highest BCUT2D eigenvalue weighted by molar-refractivity contribution is 6.06. The van der Waals surface area contributed by atoms with E-state index in [1.807, 2.05) is 18.2 Å². The molecule has 0 atom stereocenters. The van der Waals surface area contributed by atoms with Gasteiger partial charge in [0.1, 0.15) is 0 Å². The van der Waals surface area contributed by atoms with E-state index in [-0.39, 0.29) is 16.9 Å². The summed E-state index contributed by atoms with van der Waals surface area (Å²) in [7, 11) is 0. The fraction of sp³-hybridized carbons (Fsp3) is 0.0909. The molecule has 0 saturated heterocycles. The highest BCUT2D eigenvalue weighted by Gasteiger charge is 2.09. The van der Waals surface area contributed by atoms with E-state index >= 15 is 0 Å².